The number of aromatic nitrogens is 1. The van der Waals surface area contributed by atoms with Gasteiger partial charge in [0.15, 0.2) is 11.4 Å². The monoisotopic (exact) mass is 377 g/mol. The number of rotatable bonds is 8. The van der Waals surface area contributed by atoms with E-state index >= 15 is 0 Å². The zero-order valence-corrected chi connectivity index (χ0v) is 16.9. The molecule has 1 aliphatic carbocycles. The van der Waals surface area contributed by atoms with Crippen LogP contribution in [0.25, 0.3) is 0 Å². The number of hydrogen-bond acceptors (Lipinski definition) is 5. The number of nitrogens with one attached hydrogen (secondary N) is 1. The van der Waals surface area contributed by atoms with E-state index in [2.05, 4.69) is 24.3 Å². The molecule has 1 aromatic heterocycles. The summed E-state index contributed by atoms with van der Waals surface area (Å²) in [6.45, 7) is 6.42. The highest BCUT2D eigenvalue weighted by atomic mass is 16.5. The predicted molar refractivity (Wildman–Crippen MR) is 104 cm³/mol. The Bertz CT molecular complexity index is 610. The Morgan fingerprint density at radius 2 is 2.11 bits per heavy atom. The molecule has 27 heavy (non-hydrogen) atoms. The Labute approximate surface area is 162 Å². The van der Waals surface area contributed by atoms with Crippen LogP contribution < -0.4 is 5.32 Å². The van der Waals surface area contributed by atoms with Gasteiger partial charge in [0, 0.05) is 25.7 Å². The molecular formula is C21H35N3O3. The van der Waals surface area contributed by atoms with Gasteiger partial charge >= 0.3 is 0 Å². The van der Waals surface area contributed by atoms with E-state index in [0.717, 1.165) is 43.3 Å². The summed E-state index contributed by atoms with van der Waals surface area (Å²) in [5, 5.41) is 18.1. The summed E-state index contributed by atoms with van der Waals surface area (Å²) in [6, 6.07) is 1.93. The third-order valence-corrected chi connectivity index (χ3v) is 6.12. The van der Waals surface area contributed by atoms with Crippen LogP contribution >= 0.6 is 0 Å². The highest BCUT2D eigenvalue weighted by Gasteiger charge is 2.41. The lowest BCUT2D eigenvalue weighted by atomic mass is 9.86. The molecule has 152 valence electrons. The standard InChI is InChI=1S/C21H35N3O3/c1-16(2)19-13-18(27-23-19)14-22-15-21(26)10-6-11-24(20(21)25)12-9-17-7-4-3-5-8-17/h13,16-17,22,26H,3-12,14-15H2,1-2H3/t21-/m1/s1. The predicted octanol–water partition coefficient (Wildman–Crippen LogP) is 3.21. The Kier molecular flexibility index (Phi) is 6.93. The van der Waals surface area contributed by atoms with E-state index in [1.165, 1.54) is 32.1 Å². The normalized spacial score (nSPS) is 24.7. The fourth-order valence-electron chi connectivity index (χ4n) is 4.33. The van der Waals surface area contributed by atoms with Gasteiger partial charge in [-0.1, -0.05) is 51.1 Å². The number of likely N-dealkylation sites (tertiary alicyclic amines) is 1. The zero-order chi connectivity index (χ0) is 19.3. The first-order valence-electron chi connectivity index (χ1n) is 10.7. The van der Waals surface area contributed by atoms with Crippen molar-refractivity contribution in [3.8, 4) is 0 Å². The largest absolute Gasteiger partial charge is 0.379 e. The van der Waals surface area contributed by atoms with E-state index < -0.39 is 5.60 Å². The van der Waals surface area contributed by atoms with Gasteiger partial charge in [0.25, 0.3) is 5.91 Å². The van der Waals surface area contributed by atoms with Crippen molar-refractivity contribution in [1.29, 1.82) is 0 Å². The maximum absolute atomic E-state index is 12.9. The minimum absolute atomic E-state index is 0.113. The van der Waals surface area contributed by atoms with Crippen LogP contribution in [0.3, 0.4) is 0 Å². The molecule has 0 unspecified atom stereocenters. The van der Waals surface area contributed by atoms with Gasteiger partial charge in [0.1, 0.15) is 0 Å². The van der Waals surface area contributed by atoms with Crippen molar-refractivity contribution < 1.29 is 14.4 Å². The molecule has 1 atom stereocenters. The van der Waals surface area contributed by atoms with Gasteiger partial charge in [-0.05, 0) is 31.1 Å². The van der Waals surface area contributed by atoms with Crippen molar-refractivity contribution in [3.63, 3.8) is 0 Å². The number of carbonyl (C=O) groups is 1. The highest BCUT2D eigenvalue weighted by Crippen LogP contribution is 2.28. The van der Waals surface area contributed by atoms with Gasteiger partial charge in [-0.15, -0.1) is 0 Å². The fourth-order valence-corrected chi connectivity index (χ4v) is 4.33. The van der Waals surface area contributed by atoms with Crippen molar-refractivity contribution in [1.82, 2.24) is 15.4 Å². The fraction of sp³-hybridized carbons (Fsp3) is 0.810. The maximum atomic E-state index is 12.9. The smallest absolute Gasteiger partial charge is 0.255 e. The average Bonchev–Trinajstić information content (AvgIpc) is 3.13. The Morgan fingerprint density at radius 3 is 2.81 bits per heavy atom. The van der Waals surface area contributed by atoms with Crippen LogP contribution in [0.2, 0.25) is 0 Å². The first-order valence-corrected chi connectivity index (χ1v) is 10.7. The summed E-state index contributed by atoms with van der Waals surface area (Å²) in [5.74, 6) is 1.70. The molecule has 1 saturated heterocycles. The van der Waals surface area contributed by atoms with Crippen molar-refractivity contribution in [3.05, 3.63) is 17.5 Å². The van der Waals surface area contributed by atoms with Gasteiger partial charge in [-0.3, -0.25) is 4.79 Å². The highest BCUT2D eigenvalue weighted by molar-refractivity contribution is 5.86. The second-order valence-corrected chi connectivity index (χ2v) is 8.70. The Hall–Kier alpha value is -1.40. The Morgan fingerprint density at radius 1 is 1.33 bits per heavy atom. The molecule has 2 heterocycles. The molecule has 2 fully saturated rings. The minimum atomic E-state index is -1.30. The van der Waals surface area contributed by atoms with E-state index in [1.807, 2.05) is 11.0 Å². The molecule has 6 nitrogen and oxygen atoms in total. The lowest BCUT2D eigenvalue weighted by Crippen LogP contribution is -2.58. The maximum Gasteiger partial charge on any atom is 0.255 e. The third kappa shape index (κ3) is 5.32. The lowest BCUT2D eigenvalue weighted by Gasteiger charge is -2.39. The minimum Gasteiger partial charge on any atom is -0.379 e. The molecule has 2 N–H and O–H groups in total. The molecule has 3 rings (SSSR count). The number of piperidine rings is 1. The summed E-state index contributed by atoms with van der Waals surface area (Å²) < 4.78 is 5.31. The first-order chi connectivity index (χ1) is 13.0. The molecular weight excluding hydrogens is 342 g/mol. The molecule has 0 bridgehead atoms. The van der Waals surface area contributed by atoms with Crippen LogP contribution in [-0.4, -0.2) is 46.3 Å². The van der Waals surface area contributed by atoms with E-state index in [1.54, 1.807) is 0 Å². The van der Waals surface area contributed by atoms with Gasteiger partial charge in [-0.25, -0.2) is 0 Å². The average molecular weight is 378 g/mol. The summed E-state index contributed by atoms with van der Waals surface area (Å²) in [7, 11) is 0. The van der Waals surface area contributed by atoms with Crippen LogP contribution in [0.4, 0.5) is 0 Å². The number of aliphatic hydroxyl groups is 1. The van der Waals surface area contributed by atoms with Crippen LogP contribution in [0.5, 0.6) is 0 Å². The van der Waals surface area contributed by atoms with Crippen molar-refractivity contribution in [2.75, 3.05) is 19.6 Å². The summed E-state index contributed by atoms with van der Waals surface area (Å²) in [5.41, 5.74) is -0.376. The van der Waals surface area contributed by atoms with Gasteiger partial charge in [0.05, 0.1) is 12.2 Å². The number of nitrogens with zero attached hydrogens (tertiary/aromatic N) is 2. The summed E-state index contributed by atoms with van der Waals surface area (Å²) in [4.78, 5) is 14.7. The third-order valence-electron chi connectivity index (χ3n) is 6.12. The van der Waals surface area contributed by atoms with E-state index in [0.29, 0.717) is 18.9 Å². The van der Waals surface area contributed by atoms with E-state index in [-0.39, 0.29) is 12.5 Å². The van der Waals surface area contributed by atoms with Crippen LogP contribution in [0, 0.1) is 5.92 Å². The Balaban J connectivity index is 1.47. The van der Waals surface area contributed by atoms with Crippen LogP contribution in [-0.2, 0) is 11.3 Å². The van der Waals surface area contributed by atoms with E-state index in [9.17, 15) is 9.90 Å². The molecule has 1 aromatic rings. The number of amides is 1. The zero-order valence-electron chi connectivity index (χ0n) is 16.9. The van der Waals surface area contributed by atoms with Crippen LogP contribution in [0.1, 0.15) is 82.6 Å². The molecule has 0 radical (unpaired) electrons. The second kappa shape index (κ2) is 9.20. The van der Waals surface area contributed by atoms with Gasteiger partial charge in [-0.2, -0.15) is 0 Å². The van der Waals surface area contributed by atoms with Crippen LogP contribution in [0.15, 0.2) is 10.6 Å². The van der Waals surface area contributed by atoms with Gasteiger partial charge < -0.3 is 19.8 Å². The SMILES string of the molecule is CC(C)c1cc(CNC[C@]2(O)CCCN(CCC3CCCCC3)C2=O)on1. The van der Waals surface area contributed by atoms with Gasteiger partial charge in [0.2, 0.25) is 0 Å². The number of hydrogen-bond donors (Lipinski definition) is 2. The summed E-state index contributed by atoms with van der Waals surface area (Å²) >= 11 is 0. The summed E-state index contributed by atoms with van der Waals surface area (Å²) in [6.07, 6.45) is 9.05. The molecule has 0 aromatic carbocycles. The topological polar surface area (TPSA) is 78.6 Å². The quantitative estimate of drug-likeness (QED) is 0.727. The molecule has 0 spiro atoms. The molecule has 2 aliphatic rings. The molecule has 1 aliphatic heterocycles. The van der Waals surface area contributed by atoms with Crippen molar-refractivity contribution in [2.45, 2.75) is 83.3 Å². The molecule has 1 saturated carbocycles. The molecule has 1 amide bonds. The number of carbonyl (C=O) groups excluding carboxylic acids is 1. The van der Waals surface area contributed by atoms with Crippen molar-refractivity contribution >= 4 is 5.91 Å². The molecule has 6 heteroatoms. The van der Waals surface area contributed by atoms with E-state index in [4.69, 9.17) is 4.52 Å². The first kappa shape index (κ1) is 20.3. The second-order valence-electron chi connectivity index (χ2n) is 8.70. The van der Waals surface area contributed by atoms with Crippen molar-refractivity contribution in [2.24, 2.45) is 5.92 Å². The lowest BCUT2D eigenvalue weighted by molar-refractivity contribution is -0.156.